The van der Waals surface area contributed by atoms with Gasteiger partial charge in [0.05, 0.1) is 13.7 Å². The zero-order valence-electron chi connectivity index (χ0n) is 18.0. The molecule has 9 heteroatoms. The highest BCUT2D eigenvalue weighted by Crippen LogP contribution is 2.30. The standard InChI is InChI=1S/C22H27FN2O5S/c1-5-25(6-2)31(27,28)21-15-17(10-12-20(21)30-7-3)24-22(26)13-9-16-8-11-19(29-4)18(23)14-16/h8-15H,5-7H2,1-4H3,(H,24,26)/b13-9+. The van der Waals surface area contributed by atoms with Crippen LogP contribution in [0.15, 0.2) is 47.4 Å². The number of methoxy groups -OCH3 is 1. The summed E-state index contributed by atoms with van der Waals surface area (Å²) in [6, 6.07) is 8.76. The van der Waals surface area contributed by atoms with Gasteiger partial charge < -0.3 is 14.8 Å². The Hall–Kier alpha value is -2.91. The van der Waals surface area contributed by atoms with Crippen LogP contribution in [0, 0.1) is 5.82 Å². The first-order valence-corrected chi connectivity index (χ1v) is 11.3. The number of rotatable bonds is 10. The molecule has 0 radical (unpaired) electrons. The summed E-state index contributed by atoms with van der Waals surface area (Å²) in [5.41, 5.74) is 0.773. The van der Waals surface area contributed by atoms with Gasteiger partial charge in [-0.1, -0.05) is 19.9 Å². The zero-order valence-corrected chi connectivity index (χ0v) is 18.8. The molecule has 1 amide bonds. The van der Waals surface area contributed by atoms with Crippen LogP contribution in [0.4, 0.5) is 10.1 Å². The molecule has 2 rings (SSSR count). The number of hydrogen-bond donors (Lipinski definition) is 1. The molecule has 0 atom stereocenters. The van der Waals surface area contributed by atoms with E-state index in [2.05, 4.69) is 5.32 Å². The van der Waals surface area contributed by atoms with Gasteiger partial charge in [0.1, 0.15) is 10.6 Å². The second-order valence-electron chi connectivity index (χ2n) is 6.40. The molecule has 2 aromatic rings. The number of nitrogens with one attached hydrogen (secondary N) is 1. The molecule has 0 unspecified atom stereocenters. The number of carbonyl (C=O) groups is 1. The minimum atomic E-state index is -3.79. The van der Waals surface area contributed by atoms with Crippen LogP contribution in [0.2, 0.25) is 0 Å². The molecule has 0 heterocycles. The van der Waals surface area contributed by atoms with E-state index in [0.717, 1.165) is 0 Å². The number of halogens is 1. The van der Waals surface area contributed by atoms with Crippen LogP contribution in [0.25, 0.3) is 6.08 Å². The number of benzene rings is 2. The molecule has 0 saturated heterocycles. The van der Waals surface area contributed by atoms with Gasteiger partial charge in [-0.2, -0.15) is 4.31 Å². The van der Waals surface area contributed by atoms with Crippen LogP contribution in [-0.4, -0.2) is 45.4 Å². The van der Waals surface area contributed by atoms with Crippen molar-refractivity contribution < 1.29 is 27.1 Å². The quantitative estimate of drug-likeness (QED) is 0.555. The maximum Gasteiger partial charge on any atom is 0.248 e. The van der Waals surface area contributed by atoms with E-state index >= 15 is 0 Å². The van der Waals surface area contributed by atoms with Crippen molar-refractivity contribution in [2.75, 3.05) is 32.1 Å². The molecular formula is C22H27FN2O5S. The summed E-state index contributed by atoms with van der Waals surface area (Å²) in [6.07, 6.45) is 2.68. The van der Waals surface area contributed by atoms with Crippen LogP contribution < -0.4 is 14.8 Å². The van der Waals surface area contributed by atoms with E-state index in [0.29, 0.717) is 30.9 Å². The van der Waals surface area contributed by atoms with Crippen molar-refractivity contribution in [3.8, 4) is 11.5 Å². The van der Waals surface area contributed by atoms with E-state index in [4.69, 9.17) is 9.47 Å². The Kier molecular flexibility index (Phi) is 8.58. The van der Waals surface area contributed by atoms with Gasteiger partial charge in [-0.15, -0.1) is 0 Å². The molecule has 0 saturated carbocycles. The maximum atomic E-state index is 13.8. The van der Waals surface area contributed by atoms with Gasteiger partial charge in [0, 0.05) is 24.9 Å². The molecule has 168 valence electrons. The molecule has 0 aromatic heterocycles. The zero-order chi connectivity index (χ0) is 23.0. The van der Waals surface area contributed by atoms with Gasteiger partial charge in [0.25, 0.3) is 0 Å². The lowest BCUT2D eigenvalue weighted by Gasteiger charge is -2.21. The van der Waals surface area contributed by atoms with Crippen LogP contribution >= 0.6 is 0 Å². The number of carbonyl (C=O) groups excluding carboxylic acids is 1. The fraction of sp³-hybridized carbons (Fsp3) is 0.318. The highest BCUT2D eigenvalue weighted by Gasteiger charge is 2.26. The SMILES string of the molecule is CCOc1ccc(NC(=O)/C=C/c2ccc(OC)c(F)c2)cc1S(=O)(=O)N(CC)CC. The molecule has 0 bridgehead atoms. The number of nitrogens with zero attached hydrogens (tertiary/aromatic N) is 1. The Morgan fingerprint density at radius 3 is 2.35 bits per heavy atom. The van der Waals surface area contributed by atoms with Crippen LogP contribution in [-0.2, 0) is 14.8 Å². The van der Waals surface area contributed by atoms with Crippen molar-refractivity contribution in [2.24, 2.45) is 0 Å². The fourth-order valence-corrected chi connectivity index (χ4v) is 4.52. The molecule has 7 nitrogen and oxygen atoms in total. The van der Waals surface area contributed by atoms with Crippen molar-refractivity contribution >= 4 is 27.7 Å². The van der Waals surface area contributed by atoms with Crippen molar-refractivity contribution in [1.82, 2.24) is 4.31 Å². The molecule has 0 aliphatic carbocycles. The third-order valence-electron chi connectivity index (χ3n) is 4.44. The van der Waals surface area contributed by atoms with Gasteiger partial charge in [-0.05, 0) is 48.9 Å². The van der Waals surface area contributed by atoms with E-state index in [1.807, 2.05) is 0 Å². The van der Waals surface area contributed by atoms with Gasteiger partial charge in [0.2, 0.25) is 15.9 Å². The predicted octanol–water partition coefficient (Wildman–Crippen LogP) is 3.92. The Morgan fingerprint density at radius 1 is 1.10 bits per heavy atom. The van der Waals surface area contributed by atoms with E-state index < -0.39 is 21.7 Å². The molecule has 0 aliphatic heterocycles. The third kappa shape index (κ3) is 6.05. The topological polar surface area (TPSA) is 84.9 Å². The first-order valence-electron chi connectivity index (χ1n) is 9.86. The van der Waals surface area contributed by atoms with Crippen LogP contribution in [0.1, 0.15) is 26.3 Å². The summed E-state index contributed by atoms with van der Waals surface area (Å²) in [7, 11) is -2.43. The maximum absolute atomic E-state index is 13.8. The molecule has 1 N–H and O–H groups in total. The molecule has 0 fully saturated rings. The lowest BCUT2D eigenvalue weighted by molar-refractivity contribution is -0.111. The summed E-state index contributed by atoms with van der Waals surface area (Å²) in [6.45, 7) is 6.17. The number of hydrogen-bond acceptors (Lipinski definition) is 5. The predicted molar refractivity (Wildman–Crippen MR) is 118 cm³/mol. The Balaban J connectivity index is 2.27. The smallest absolute Gasteiger partial charge is 0.248 e. The van der Waals surface area contributed by atoms with Crippen LogP contribution in [0.3, 0.4) is 0 Å². The fourth-order valence-electron chi connectivity index (χ4n) is 2.91. The molecule has 2 aromatic carbocycles. The largest absolute Gasteiger partial charge is 0.494 e. The summed E-state index contributed by atoms with van der Waals surface area (Å²) in [5.74, 6) is -0.705. The molecule has 0 aliphatic rings. The van der Waals surface area contributed by atoms with Crippen molar-refractivity contribution in [3.63, 3.8) is 0 Å². The van der Waals surface area contributed by atoms with Crippen molar-refractivity contribution in [1.29, 1.82) is 0 Å². The highest BCUT2D eigenvalue weighted by molar-refractivity contribution is 7.89. The molecule has 0 spiro atoms. The first kappa shape index (κ1) is 24.4. The normalized spacial score (nSPS) is 11.7. The number of sulfonamides is 1. The summed E-state index contributed by atoms with van der Waals surface area (Å²) < 4.78 is 51.4. The highest BCUT2D eigenvalue weighted by atomic mass is 32.2. The number of ether oxygens (including phenoxy) is 2. The Bertz CT molecular complexity index is 1050. The second-order valence-corrected chi connectivity index (χ2v) is 8.31. The minimum Gasteiger partial charge on any atom is -0.494 e. The molecular weight excluding hydrogens is 423 g/mol. The van der Waals surface area contributed by atoms with Gasteiger partial charge >= 0.3 is 0 Å². The minimum absolute atomic E-state index is 0.0166. The van der Waals surface area contributed by atoms with E-state index in [1.165, 1.54) is 47.8 Å². The summed E-state index contributed by atoms with van der Waals surface area (Å²) >= 11 is 0. The number of amides is 1. The van der Waals surface area contributed by atoms with Gasteiger partial charge in [-0.3, -0.25) is 4.79 Å². The Labute approximate surface area is 182 Å². The number of anilines is 1. The average Bonchev–Trinajstić information content (AvgIpc) is 2.74. The lowest BCUT2D eigenvalue weighted by Crippen LogP contribution is -2.31. The van der Waals surface area contributed by atoms with E-state index in [-0.39, 0.29) is 16.4 Å². The lowest BCUT2D eigenvalue weighted by atomic mass is 10.2. The van der Waals surface area contributed by atoms with Gasteiger partial charge in [-0.25, -0.2) is 12.8 Å². The summed E-state index contributed by atoms with van der Waals surface area (Å²) in [5, 5.41) is 2.62. The van der Waals surface area contributed by atoms with Gasteiger partial charge in [0.15, 0.2) is 11.6 Å². The first-order chi connectivity index (χ1) is 14.8. The van der Waals surface area contributed by atoms with E-state index in [1.54, 1.807) is 32.9 Å². The summed E-state index contributed by atoms with van der Waals surface area (Å²) in [4.78, 5) is 12.3. The van der Waals surface area contributed by atoms with E-state index in [9.17, 15) is 17.6 Å². The third-order valence-corrected chi connectivity index (χ3v) is 6.51. The second kappa shape index (κ2) is 10.9. The Morgan fingerprint density at radius 2 is 1.77 bits per heavy atom. The van der Waals surface area contributed by atoms with Crippen molar-refractivity contribution in [2.45, 2.75) is 25.7 Å². The van der Waals surface area contributed by atoms with Crippen molar-refractivity contribution in [3.05, 3.63) is 53.9 Å². The molecule has 31 heavy (non-hydrogen) atoms. The van der Waals surface area contributed by atoms with Crippen LogP contribution in [0.5, 0.6) is 11.5 Å². The average molecular weight is 451 g/mol. The monoisotopic (exact) mass is 450 g/mol.